The van der Waals surface area contributed by atoms with Crippen molar-refractivity contribution in [1.29, 1.82) is 0 Å². The first-order valence-electron chi connectivity index (χ1n) is 20.4. The standard InChI is InChI=1S/C40H74O11.Ti/c1-3-5-7-9-19-25-31-48-38(43)34-51-36(40(46)49-32-26-20-10-8-6-4-2)28-22-16-12-14-18-24-30-47-29-23-17-13-11-15-21-27-35(39(44)45)50-33-37(41)42;/h35-36H,3-34H2,1-2H3,(H,41,42)(H,44,45);/q;+2/p-2. The summed E-state index contributed by atoms with van der Waals surface area (Å²) in [6.07, 6.45) is 23.8. The van der Waals surface area contributed by atoms with E-state index in [-0.39, 0.29) is 40.7 Å². The van der Waals surface area contributed by atoms with E-state index in [1.54, 1.807) is 0 Å². The maximum absolute atomic E-state index is 12.8. The third-order valence-corrected chi connectivity index (χ3v) is 8.84. The average Bonchev–Trinajstić information content (AvgIpc) is 3.10. The summed E-state index contributed by atoms with van der Waals surface area (Å²) in [6, 6.07) is 0. The molecule has 0 aliphatic rings. The van der Waals surface area contributed by atoms with Gasteiger partial charge in [-0.25, -0.2) is 9.59 Å². The Hall–Kier alpha value is -1.53. The van der Waals surface area contributed by atoms with Crippen molar-refractivity contribution in [2.45, 2.75) is 193 Å². The van der Waals surface area contributed by atoms with E-state index in [1.807, 2.05) is 0 Å². The molecular weight excluding hydrogens is 704 g/mol. The van der Waals surface area contributed by atoms with Crippen LogP contribution in [0.4, 0.5) is 0 Å². The summed E-state index contributed by atoms with van der Waals surface area (Å²) >= 11 is 0. The smallest absolute Gasteiger partial charge is 0.548 e. The Morgan fingerprint density at radius 1 is 0.462 bits per heavy atom. The van der Waals surface area contributed by atoms with Crippen LogP contribution in [-0.4, -0.2) is 75.7 Å². The first-order valence-corrected chi connectivity index (χ1v) is 20.4. The molecular formula is C40H72O11Ti. The second kappa shape index (κ2) is 40.7. The van der Waals surface area contributed by atoms with Gasteiger partial charge in [-0.05, 0) is 38.5 Å². The fraction of sp³-hybridized carbons (Fsp3) is 0.900. The van der Waals surface area contributed by atoms with E-state index in [1.165, 1.54) is 38.5 Å². The van der Waals surface area contributed by atoms with Gasteiger partial charge in [-0.15, -0.1) is 0 Å². The van der Waals surface area contributed by atoms with Gasteiger partial charge in [0, 0.05) is 13.2 Å². The van der Waals surface area contributed by atoms with Gasteiger partial charge in [0.1, 0.15) is 6.61 Å². The first kappa shape index (κ1) is 52.6. The van der Waals surface area contributed by atoms with Crippen molar-refractivity contribution < 1.29 is 74.8 Å². The summed E-state index contributed by atoms with van der Waals surface area (Å²) in [7, 11) is 0. The van der Waals surface area contributed by atoms with Crippen LogP contribution in [0.1, 0.15) is 181 Å². The van der Waals surface area contributed by atoms with Gasteiger partial charge in [0.25, 0.3) is 0 Å². The van der Waals surface area contributed by atoms with Crippen LogP contribution in [0.15, 0.2) is 0 Å². The fourth-order valence-electron chi connectivity index (χ4n) is 5.72. The molecule has 0 aromatic carbocycles. The fourth-order valence-corrected chi connectivity index (χ4v) is 5.72. The number of aliphatic carboxylic acids is 2. The Morgan fingerprint density at radius 2 is 0.846 bits per heavy atom. The van der Waals surface area contributed by atoms with Crippen molar-refractivity contribution in [3.05, 3.63) is 0 Å². The third kappa shape index (κ3) is 36.8. The molecule has 0 aliphatic carbocycles. The van der Waals surface area contributed by atoms with E-state index >= 15 is 0 Å². The van der Waals surface area contributed by atoms with Crippen LogP contribution in [0.5, 0.6) is 0 Å². The van der Waals surface area contributed by atoms with Crippen LogP contribution in [0.3, 0.4) is 0 Å². The maximum Gasteiger partial charge on any atom is 2.00 e. The maximum atomic E-state index is 12.8. The van der Waals surface area contributed by atoms with Gasteiger partial charge in [0.2, 0.25) is 0 Å². The topological polar surface area (TPSA) is 161 Å². The molecule has 0 amide bonds. The zero-order valence-corrected chi connectivity index (χ0v) is 34.3. The number of ether oxygens (including phenoxy) is 5. The summed E-state index contributed by atoms with van der Waals surface area (Å²) in [5.74, 6) is -3.65. The summed E-state index contributed by atoms with van der Waals surface area (Å²) < 4.78 is 27.1. The molecule has 0 heterocycles. The Balaban J connectivity index is 0. The minimum Gasteiger partial charge on any atom is -0.548 e. The van der Waals surface area contributed by atoms with Crippen molar-refractivity contribution in [2.24, 2.45) is 0 Å². The van der Waals surface area contributed by atoms with Crippen LogP contribution < -0.4 is 10.2 Å². The van der Waals surface area contributed by atoms with Crippen LogP contribution in [-0.2, 0) is 64.6 Å². The number of hydrogen-bond donors (Lipinski definition) is 0. The Bertz CT molecular complexity index is 842. The first-order chi connectivity index (χ1) is 24.8. The van der Waals surface area contributed by atoms with Gasteiger partial charge in [-0.3, -0.25) is 0 Å². The largest absolute Gasteiger partial charge is 2.00 e. The van der Waals surface area contributed by atoms with Gasteiger partial charge in [-0.1, -0.05) is 142 Å². The monoisotopic (exact) mass is 776 g/mol. The number of carbonyl (C=O) groups is 4. The van der Waals surface area contributed by atoms with Gasteiger partial charge in [-0.2, -0.15) is 0 Å². The molecule has 12 heteroatoms. The summed E-state index contributed by atoms with van der Waals surface area (Å²) in [5.41, 5.74) is 0. The van der Waals surface area contributed by atoms with E-state index in [4.69, 9.17) is 23.7 Å². The van der Waals surface area contributed by atoms with Gasteiger partial charge in [0.05, 0.1) is 37.9 Å². The van der Waals surface area contributed by atoms with E-state index in [9.17, 15) is 29.4 Å². The van der Waals surface area contributed by atoms with E-state index in [2.05, 4.69) is 13.8 Å². The molecule has 0 aromatic heterocycles. The van der Waals surface area contributed by atoms with Crippen LogP contribution in [0, 0.1) is 0 Å². The Morgan fingerprint density at radius 3 is 1.31 bits per heavy atom. The average molecular weight is 777 g/mol. The molecule has 0 saturated heterocycles. The summed E-state index contributed by atoms with van der Waals surface area (Å²) in [4.78, 5) is 46.5. The third-order valence-electron chi connectivity index (χ3n) is 8.84. The molecule has 0 bridgehead atoms. The number of hydrogen-bond acceptors (Lipinski definition) is 11. The second-order valence-electron chi connectivity index (χ2n) is 13.6. The Labute approximate surface area is 330 Å². The van der Waals surface area contributed by atoms with E-state index in [0.717, 1.165) is 122 Å². The van der Waals surface area contributed by atoms with E-state index < -0.39 is 36.7 Å². The molecule has 0 rings (SSSR count). The number of esters is 2. The van der Waals surface area contributed by atoms with E-state index in [0.29, 0.717) is 26.1 Å². The van der Waals surface area contributed by atoms with Crippen molar-refractivity contribution >= 4 is 23.9 Å². The number of unbranched alkanes of at least 4 members (excludes halogenated alkanes) is 20. The molecule has 52 heavy (non-hydrogen) atoms. The van der Waals surface area contributed by atoms with Crippen LogP contribution in [0.2, 0.25) is 0 Å². The summed E-state index contributed by atoms with van der Waals surface area (Å²) in [5, 5.41) is 21.4. The van der Waals surface area contributed by atoms with Crippen molar-refractivity contribution in [1.82, 2.24) is 0 Å². The molecule has 0 spiro atoms. The van der Waals surface area contributed by atoms with Crippen LogP contribution >= 0.6 is 0 Å². The molecule has 302 valence electrons. The van der Waals surface area contributed by atoms with Crippen molar-refractivity contribution in [3.63, 3.8) is 0 Å². The van der Waals surface area contributed by atoms with Gasteiger partial charge in [0.15, 0.2) is 6.10 Å². The SMILES string of the molecule is CCCCCCCCOC(=O)COC(CCCCCCCCOCCCCCCCCC(OCC(=O)[O-])C(=O)[O-])C(=O)OCCCCCCCC.[Ti+2]. The predicted octanol–water partition coefficient (Wildman–Crippen LogP) is 6.54. The molecule has 11 nitrogen and oxygen atoms in total. The molecule has 2 atom stereocenters. The van der Waals surface area contributed by atoms with Gasteiger partial charge < -0.3 is 43.5 Å². The number of carboxylic acid groups (broad SMARTS) is 2. The normalized spacial score (nSPS) is 12.2. The number of carboxylic acids is 2. The zero-order chi connectivity index (χ0) is 37.6. The number of rotatable bonds is 40. The molecule has 0 N–H and O–H groups in total. The number of carbonyl (C=O) groups excluding carboxylic acids is 4. The zero-order valence-electron chi connectivity index (χ0n) is 32.8. The summed E-state index contributed by atoms with van der Waals surface area (Å²) in [6.45, 7) is 5.65. The van der Waals surface area contributed by atoms with Crippen molar-refractivity contribution in [2.75, 3.05) is 39.6 Å². The minimum atomic E-state index is -1.44. The molecule has 2 unspecified atom stereocenters. The van der Waals surface area contributed by atoms with Crippen LogP contribution in [0.25, 0.3) is 0 Å². The molecule has 0 aliphatic heterocycles. The second-order valence-corrected chi connectivity index (χ2v) is 13.6. The molecule has 0 saturated carbocycles. The molecule has 0 radical (unpaired) electrons. The molecule has 0 aromatic rings. The van der Waals surface area contributed by atoms with Gasteiger partial charge >= 0.3 is 33.7 Å². The predicted molar refractivity (Wildman–Crippen MR) is 194 cm³/mol. The van der Waals surface area contributed by atoms with Crippen molar-refractivity contribution in [3.8, 4) is 0 Å². The molecule has 0 fully saturated rings. The minimum absolute atomic E-state index is 0. The Kier molecular flexibility index (Phi) is 41.1. The quantitative estimate of drug-likeness (QED) is 0.0378.